The van der Waals surface area contributed by atoms with Crippen LogP contribution < -0.4 is 9.46 Å². The van der Waals surface area contributed by atoms with Crippen molar-refractivity contribution in [2.24, 2.45) is 0 Å². The summed E-state index contributed by atoms with van der Waals surface area (Å²) in [6.45, 7) is 4.56. The van der Waals surface area contributed by atoms with Gasteiger partial charge >= 0.3 is 12.5 Å². The summed E-state index contributed by atoms with van der Waals surface area (Å²) >= 11 is 6.77. The Bertz CT molecular complexity index is 1080. The van der Waals surface area contributed by atoms with Gasteiger partial charge in [-0.15, -0.1) is 13.2 Å². The summed E-state index contributed by atoms with van der Waals surface area (Å²) in [4.78, 5) is -0.347. The zero-order chi connectivity index (χ0) is 24.6. The van der Waals surface area contributed by atoms with E-state index < -0.39 is 45.2 Å². The van der Waals surface area contributed by atoms with Crippen LogP contribution in [0.25, 0.3) is 0 Å². The van der Waals surface area contributed by atoms with Gasteiger partial charge in [-0.05, 0) is 44.0 Å². The van der Waals surface area contributed by atoms with E-state index in [0.29, 0.717) is 5.56 Å². The summed E-state index contributed by atoms with van der Waals surface area (Å²) in [6.07, 6.45) is -10.4. The van der Waals surface area contributed by atoms with Crippen molar-refractivity contribution >= 4 is 38.6 Å². The van der Waals surface area contributed by atoms with Gasteiger partial charge in [0.05, 0.1) is 10.1 Å². The lowest BCUT2D eigenvalue weighted by atomic mass is 10.0. The average Bonchev–Trinajstić information content (AvgIpc) is 2.55. The smallest absolute Gasteiger partial charge is 0.405 e. The van der Waals surface area contributed by atoms with Crippen LogP contribution in [0.15, 0.2) is 39.7 Å². The maximum absolute atomic E-state index is 13.9. The molecule has 2 atom stereocenters. The molecular formula is C19H18BrF6NO3S2. The molecule has 178 valence electrons. The van der Waals surface area contributed by atoms with E-state index in [2.05, 4.69) is 33.3 Å². The van der Waals surface area contributed by atoms with E-state index in [0.717, 1.165) is 12.1 Å². The number of thiol groups is 1. The fourth-order valence-corrected chi connectivity index (χ4v) is 5.86. The quantitative estimate of drug-likeness (QED) is 0.326. The van der Waals surface area contributed by atoms with E-state index in [4.69, 9.17) is 0 Å². The minimum Gasteiger partial charge on any atom is -0.405 e. The van der Waals surface area contributed by atoms with Gasteiger partial charge in [0.25, 0.3) is 0 Å². The minimum atomic E-state index is -5.19. The third-order valence-corrected chi connectivity index (χ3v) is 7.16. The highest BCUT2D eigenvalue weighted by Gasteiger charge is 2.48. The van der Waals surface area contributed by atoms with Crippen LogP contribution in [-0.2, 0) is 10.0 Å². The third-order valence-electron chi connectivity index (χ3n) is 4.34. The highest BCUT2D eigenvalue weighted by Crippen LogP contribution is 2.41. The molecule has 0 fully saturated rings. The van der Waals surface area contributed by atoms with Gasteiger partial charge in [-0.3, -0.25) is 0 Å². The number of rotatable bonds is 6. The Hall–Kier alpha value is -1.44. The van der Waals surface area contributed by atoms with Gasteiger partial charge in [0.15, 0.2) is 0 Å². The first-order chi connectivity index (χ1) is 14.4. The number of hydrogen-bond donors (Lipinski definition) is 2. The predicted molar refractivity (Wildman–Crippen MR) is 113 cm³/mol. The van der Waals surface area contributed by atoms with E-state index in [1.54, 1.807) is 11.6 Å². The van der Waals surface area contributed by atoms with Crippen molar-refractivity contribution in [1.82, 2.24) is 4.72 Å². The van der Waals surface area contributed by atoms with Crippen LogP contribution in [0.3, 0.4) is 0 Å². The van der Waals surface area contributed by atoms with E-state index in [1.165, 1.54) is 32.0 Å². The van der Waals surface area contributed by atoms with Crippen LogP contribution in [0.4, 0.5) is 26.3 Å². The van der Waals surface area contributed by atoms with Crippen LogP contribution in [0.5, 0.6) is 5.75 Å². The molecule has 2 unspecified atom stereocenters. The van der Waals surface area contributed by atoms with Gasteiger partial charge in [0.1, 0.15) is 11.8 Å². The van der Waals surface area contributed by atoms with E-state index in [-0.39, 0.29) is 20.5 Å². The van der Waals surface area contributed by atoms with E-state index >= 15 is 0 Å². The Morgan fingerprint density at radius 2 is 1.53 bits per heavy atom. The molecule has 2 aromatic rings. The summed E-state index contributed by atoms with van der Waals surface area (Å²) in [7, 11) is -4.72. The molecule has 32 heavy (non-hydrogen) atoms. The van der Waals surface area contributed by atoms with Crippen LogP contribution in [0.1, 0.15) is 27.5 Å². The monoisotopic (exact) mass is 565 g/mol. The van der Waals surface area contributed by atoms with E-state index in [9.17, 15) is 34.8 Å². The maximum atomic E-state index is 13.9. The van der Waals surface area contributed by atoms with Crippen LogP contribution >= 0.6 is 28.6 Å². The fraction of sp³-hybridized carbons (Fsp3) is 0.368. The summed E-state index contributed by atoms with van der Waals surface area (Å²) in [5.41, 5.74) is 0.547. The van der Waals surface area contributed by atoms with Gasteiger partial charge in [0.2, 0.25) is 10.0 Å². The first-order valence-corrected chi connectivity index (χ1v) is 11.6. The van der Waals surface area contributed by atoms with Crippen molar-refractivity contribution in [3.8, 4) is 5.75 Å². The molecule has 2 rings (SSSR count). The lowest BCUT2D eigenvalue weighted by Crippen LogP contribution is -2.48. The molecule has 0 amide bonds. The van der Waals surface area contributed by atoms with Gasteiger partial charge in [-0.2, -0.15) is 30.5 Å². The van der Waals surface area contributed by atoms with Gasteiger partial charge in [-0.25, -0.2) is 8.42 Å². The summed E-state index contributed by atoms with van der Waals surface area (Å²) < 4.78 is 111. The number of ether oxygens (including phenoxy) is 1. The SMILES string of the molecule is Cc1cc(C)c(S(=O)(=O)NC(C(S)c2ccc(Br)cc2OC(F)(F)F)C(F)(F)F)c(C)c1. The lowest BCUT2D eigenvalue weighted by molar-refractivity contribution is -0.275. The Labute approximate surface area is 194 Å². The molecule has 0 aliphatic rings. The highest BCUT2D eigenvalue weighted by molar-refractivity contribution is 9.10. The number of sulfonamides is 1. The number of benzene rings is 2. The van der Waals surface area contributed by atoms with Crippen molar-refractivity contribution in [3.05, 3.63) is 57.1 Å². The second kappa shape index (κ2) is 9.43. The van der Waals surface area contributed by atoms with Gasteiger partial charge in [0, 0.05) is 10.0 Å². The van der Waals surface area contributed by atoms with Gasteiger partial charge in [-0.1, -0.05) is 39.7 Å². The second-order valence-corrected chi connectivity index (χ2v) is 10.2. The van der Waals surface area contributed by atoms with Gasteiger partial charge < -0.3 is 4.74 Å². The zero-order valence-electron chi connectivity index (χ0n) is 16.8. The molecule has 0 saturated heterocycles. The zero-order valence-corrected chi connectivity index (χ0v) is 20.1. The van der Waals surface area contributed by atoms with Crippen molar-refractivity contribution in [1.29, 1.82) is 0 Å². The number of hydrogen-bond acceptors (Lipinski definition) is 4. The molecule has 0 saturated carbocycles. The largest absolute Gasteiger partial charge is 0.573 e. The van der Waals surface area contributed by atoms with E-state index in [1.807, 2.05) is 0 Å². The Morgan fingerprint density at radius 1 is 1.00 bits per heavy atom. The molecule has 1 N–H and O–H groups in total. The lowest BCUT2D eigenvalue weighted by Gasteiger charge is -2.28. The first-order valence-electron chi connectivity index (χ1n) is 8.82. The van der Waals surface area contributed by atoms with Crippen molar-refractivity contribution < 1.29 is 39.5 Å². The third kappa shape index (κ3) is 6.55. The average molecular weight is 566 g/mol. The Balaban J connectivity index is 2.55. The van der Waals surface area contributed by atoms with Crippen LogP contribution in [0.2, 0.25) is 0 Å². The Morgan fingerprint density at radius 3 is 2.00 bits per heavy atom. The summed E-state index contributed by atoms with van der Waals surface area (Å²) in [5.74, 6) is -0.942. The number of alkyl halides is 6. The molecule has 0 aliphatic heterocycles. The molecule has 0 radical (unpaired) electrons. The fourth-order valence-electron chi connectivity index (χ4n) is 3.27. The Kier molecular flexibility index (Phi) is 7.90. The predicted octanol–water partition coefficient (Wildman–Crippen LogP) is 6.15. The summed E-state index contributed by atoms with van der Waals surface area (Å²) in [5, 5.41) is -2.05. The first kappa shape index (κ1) is 26.8. The molecule has 2 aromatic carbocycles. The van der Waals surface area contributed by atoms with Crippen LogP contribution in [0, 0.1) is 20.8 Å². The standard InChI is InChI=1S/C19H18BrF6NO3S2/c1-9-6-10(2)16(11(3)7-9)32(28,29)27-17(18(21,22)23)15(31)13-5-4-12(20)8-14(13)30-19(24,25)26/h4-8,15,17,27,31H,1-3H3. The molecule has 13 heteroatoms. The number of aryl methyl sites for hydroxylation is 3. The van der Waals surface area contributed by atoms with Crippen molar-refractivity contribution in [2.45, 2.75) is 49.5 Å². The second-order valence-electron chi connectivity index (χ2n) is 7.04. The molecule has 0 heterocycles. The molecular weight excluding hydrogens is 548 g/mol. The molecule has 4 nitrogen and oxygen atoms in total. The molecule has 0 bridgehead atoms. The molecule has 0 spiro atoms. The van der Waals surface area contributed by atoms with Crippen molar-refractivity contribution in [3.63, 3.8) is 0 Å². The molecule has 0 aliphatic carbocycles. The summed E-state index contributed by atoms with van der Waals surface area (Å²) in [6, 6.07) is 3.09. The minimum absolute atomic E-state index is 0.107. The van der Waals surface area contributed by atoms with Crippen molar-refractivity contribution in [2.75, 3.05) is 0 Å². The number of nitrogens with one attached hydrogen (secondary N) is 1. The molecule has 0 aromatic heterocycles. The topological polar surface area (TPSA) is 55.4 Å². The highest BCUT2D eigenvalue weighted by atomic mass is 79.9. The normalized spacial score (nSPS) is 14.8. The number of halogens is 7. The maximum Gasteiger partial charge on any atom is 0.573 e. The van der Waals surface area contributed by atoms with Crippen LogP contribution in [-0.4, -0.2) is 27.0 Å².